The maximum Gasteiger partial charge on any atom is 0.277 e. The molecule has 1 fully saturated rings. The lowest BCUT2D eigenvalue weighted by molar-refractivity contribution is -0.119. The maximum atomic E-state index is 13.7. The van der Waals surface area contributed by atoms with Gasteiger partial charge >= 0.3 is 0 Å². The minimum Gasteiger partial charge on any atom is -0.495 e. The second-order valence-corrected chi connectivity index (χ2v) is 8.90. The van der Waals surface area contributed by atoms with Crippen molar-refractivity contribution in [1.29, 1.82) is 0 Å². The third-order valence-electron chi connectivity index (χ3n) is 6.43. The van der Waals surface area contributed by atoms with E-state index in [9.17, 15) is 14.4 Å². The molecule has 35 heavy (non-hydrogen) atoms. The summed E-state index contributed by atoms with van der Waals surface area (Å²) >= 11 is 6.30. The summed E-state index contributed by atoms with van der Waals surface area (Å²) in [7, 11) is 1.51. The number of carbonyl (C=O) groups excluding carboxylic acids is 3. The van der Waals surface area contributed by atoms with Crippen molar-refractivity contribution < 1.29 is 19.1 Å². The minimum atomic E-state index is -0.698. The van der Waals surface area contributed by atoms with Crippen LogP contribution in [0.25, 0.3) is 5.69 Å². The van der Waals surface area contributed by atoms with Gasteiger partial charge in [-0.15, -0.1) is 0 Å². The third kappa shape index (κ3) is 4.01. The highest BCUT2D eigenvalue weighted by atomic mass is 35.5. The molecule has 5 rings (SSSR count). The van der Waals surface area contributed by atoms with Crippen molar-refractivity contribution in [3.05, 3.63) is 64.4 Å². The number of piperidine rings is 1. The average Bonchev–Trinajstić information content (AvgIpc) is 3.26. The molecule has 3 amide bonds. The number of nitrogens with zero attached hydrogens (tertiary/aromatic N) is 4. The van der Waals surface area contributed by atoms with Gasteiger partial charge in [0.15, 0.2) is 5.69 Å². The second kappa shape index (κ2) is 9.07. The first-order valence-corrected chi connectivity index (χ1v) is 11.7. The Hall–Kier alpha value is -3.85. The van der Waals surface area contributed by atoms with E-state index in [2.05, 4.69) is 5.10 Å². The van der Waals surface area contributed by atoms with Crippen LogP contribution in [0.1, 0.15) is 45.8 Å². The summed E-state index contributed by atoms with van der Waals surface area (Å²) in [5, 5.41) is 4.72. The van der Waals surface area contributed by atoms with Crippen LogP contribution in [-0.4, -0.2) is 47.7 Å². The van der Waals surface area contributed by atoms with Gasteiger partial charge in [-0.25, -0.2) is 4.68 Å². The van der Waals surface area contributed by atoms with Gasteiger partial charge in [0.25, 0.3) is 11.8 Å². The van der Waals surface area contributed by atoms with Crippen molar-refractivity contribution in [2.45, 2.75) is 25.7 Å². The quantitative estimate of drug-likeness (QED) is 0.586. The fourth-order valence-corrected chi connectivity index (χ4v) is 4.92. The maximum absolute atomic E-state index is 13.7. The van der Waals surface area contributed by atoms with E-state index >= 15 is 0 Å². The van der Waals surface area contributed by atoms with Gasteiger partial charge in [0, 0.05) is 36.4 Å². The Morgan fingerprint density at radius 3 is 2.29 bits per heavy atom. The van der Waals surface area contributed by atoms with Gasteiger partial charge < -0.3 is 20.3 Å². The first kappa shape index (κ1) is 22.9. The third-order valence-corrected chi connectivity index (χ3v) is 6.72. The van der Waals surface area contributed by atoms with E-state index in [0.29, 0.717) is 53.6 Å². The van der Waals surface area contributed by atoms with Crippen LogP contribution < -0.4 is 20.3 Å². The number of methoxy groups -OCH3 is 1. The first-order valence-electron chi connectivity index (χ1n) is 11.4. The van der Waals surface area contributed by atoms with Gasteiger partial charge in [0.1, 0.15) is 11.4 Å². The zero-order valence-electron chi connectivity index (χ0n) is 19.2. The number of primary amides is 1. The summed E-state index contributed by atoms with van der Waals surface area (Å²) in [6.45, 7) is 1.06. The van der Waals surface area contributed by atoms with Crippen molar-refractivity contribution in [3.63, 3.8) is 0 Å². The summed E-state index contributed by atoms with van der Waals surface area (Å²) < 4.78 is 6.63. The first-order chi connectivity index (χ1) is 16.9. The number of rotatable bonds is 5. The number of anilines is 2. The van der Waals surface area contributed by atoms with Crippen LogP contribution in [0.3, 0.4) is 0 Å². The number of benzene rings is 2. The van der Waals surface area contributed by atoms with Crippen LogP contribution in [0.5, 0.6) is 5.75 Å². The fourth-order valence-electron chi connectivity index (χ4n) is 4.67. The molecule has 0 spiro atoms. The molecule has 0 bridgehead atoms. The number of halogens is 1. The zero-order chi connectivity index (χ0) is 24.7. The highest BCUT2D eigenvalue weighted by Gasteiger charge is 2.34. The lowest BCUT2D eigenvalue weighted by Gasteiger charge is -2.29. The molecule has 0 radical (unpaired) electrons. The van der Waals surface area contributed by atoms with E-state index in [-0.39, 0.29) is 23.2 Å². The van der Waals surface area contributed by atoms with Gasteiger partial charge in [0.05, 0.1) is 17.8 Å². The number of nitrogens with two attached hydrogens (primary N) is 1. The smallest absolute Gasteiger partial charge is 0.277 e. The summed E-state index contributed by atoms with van der Waals surface area (Å²) in [6, 6.07) is 12.4. The highest BCUT2D eigenvalue weighted by molar-refractivity contribution is 6.32. The Bertz CT molecular complexity index is 1330. The average molecular weight is 494 g/mol. The molecule has 3 heterocycles. The largest absolute Gasteiger partial charge is 0.495 e. The Morgan fingerprint density at radius 1 is 0.971 bits per heavy atom. The molecule has 180 valence electrons. The molecule has 1 aromatic heterocycles. The molecule has 2 aromatic carbocycles. The second-order valence-electron chi connectivity index (χ2n) is 8.50. The predicted octanol–water partition coefficient (Wildman–Crippen LogP) is 3.35. The molecule has 2 aliphatic heterocycles. The number of fused-ring (bicyclic) bond motifs is 1. The lowest BCUT2D eigenvalue weighted by Crippen LogP contribution is -2.39. The number of ether oxygens (including phenoxy) is 1. The molecule has 0 atom stereocenters. The van der Waals surface area contributed by atoms with E-state index < -0.39 is 5.91 Å². The number of hydrogen-bond donors (Lipinski definition) is 1. The Morgan fingerprint density at radius 2 is 1.66 bits per heavy atom. The van der Waals surface area contributed by atoms with Crippen molar-refractivity contribution in [2.75, 3.05) is 30.0 Å². The molecule has 0 aliphatic carbocycles. The molecule has 2 aliphatic rings. The standard InChI is InChI=1S/C25H24ClN5O4/c1-35-20-10-9-17(14-19(20)26)31-23-18(22(28-31)24(27)33)11-13-30(25(23)34)16-7-5-15(6-8-16)29-12-3-2-4-21(29)32/h5-10,14H,2-4,11-13H2,1H3,(H2,27,33). The Labute approximate surface area is 207 Å². The molecule has 10 heteroatoms. The molecule has 1 saturated heterocycles. The SMILES string of the molecule is COc1ccc(-n2nc(C(N)=O)c3c2C(=O)N(c2ccc(N4CCCCC4=O)cc2)CC3)cc1Cl. The van der Waals surface area contributed by atoms with Crippen LogP contribution in [0.2, 0.25) is 5.02 Å². The molecule has 0 saturated carbocycles. The van der Waals surface area contributed by atoms with Crippen LogP contribution in [0.15, 0.2) is 42.5 Å². The lowest BCUT2D eigenvalue weighted by atomic mass is 10.0. The molecule has 3 aromatic rings. The van der Waals surface area contributed by atoms with E-state index in [1.807, 2.05) is 24.3 Å². The van der Waals surface area contributed by atoms with E-state index in [4.69, 9.17) is 22.1 Å². The van der Waals surface area contributed by atoms with Crippen LogP contribution >= 0.6 is 11.6 Å². The minimum absolute atomic E-state index is 0.0684. The zero-order valence-corrected chi connectivity index (χ0v) is 19.9. The Kier molecular flexibility index (Phi) is 5.94. The number of carbonyl (C=O) groups is 3. The van der Waals surface area contributed by atoms with Gasteiger partial charge in [-0.05, 0) is 61.7 Å². The summed E-state index contributed by atoms with van der Waals surface area (Å²) in [5.41, 5.74) is 8.44. The number of aromatic nitrogens is 2. The molecular formula is C25H24ClN5O4. The normalized spacial score (nSPS) is 15.8. The molecular weight excluding hydrogens is 470 g/mol. The van der Waals surface area contributed by atoms with E-state index in [0.717, 1.165) is 18.5 Å². The molecule has 2 N–H and O–H groups in total. The highest BCUT2D eigenvalue weighted by Crippen LogP contribution is 2.32. The van der Waals surface area contributed by atoms with Crippen molar-refractivity contribution in [2.24, 2.45) is 5.73 Å². The van der Waals surface area contributed by atoms with Crippen LogP contribution in [0, 0.1) is 0 Å². The van der Waals surface area contributed by atoms with Crippen molar-refractivity contribution in [3.8, 4) is 11.4 Å². The van der Waals surface area contributed by atoms with Crippen molar-refractivity contribution in [1.82, 2.24) is 9.78 Å². The summed E-state index contributed by atoms with van der Waals surface area (Å²) in [6.07, 6.45) is 2.85. The Balaban J connectivity index is 1.51. The van der Waals surface area contributed by atoms with Crippen LogP contribution in [0.4, 0.5) is 11.4 Å². The summed E-state index contributed by atoms with van der Waals surface area (Å²) in [5.74, 6) is -0.410. The fraction of sp³-hybridized carbons (Fsp3) is 0.280. The van der Waals surface area contributed by atoms with E-state index in [1.54, 1.807) is 28.0 Å². The van der Waals surface area contributed by atoms with Gasteiger partial charge in [-0.1, -0.05) is 11.6 Å². The molecule has 9 nitrogen and oxygen atoms in total. The van der Waals surface area contributed by atoms with Gasteiger partial charge in [-0.3, -0.25) is 14.4 Å². The van der Waals surface area contributed by atoms with E-state index in [1.165, 1.54) is 11.8 Å². The number of hydrogen-bond acceptors (Lipinski definition) is 5. The summed E-state index contributed by atoms with van der Waals surface area (Å²) in [4.78, 5) is 41.5. The molecule has 0 unspecified atom stereocenters. The predicted molar refractivity (Wildman–Crippen MR) is 132 cm³/mol. The number of amides is 3. The van der Waals surface area contributed by atoms with Crippen molar-refractivity contribution >= 4 is 40.7 Å². The topological polar surface area (TPSA) is 111 Å². The van der Waals surface area contributed by atoms with Gasteiger partial charge in [-0.2, -0.15) is 5.10 Å². The van der Waals surface area contributed by atoms with Crippen LogP contribution in [-0.2, 0) is 11.2 Å². The van der Waals surface area contributed by atoms with Gasteiger partial charge in [0.2, 0.25) is 5.91 Å². The monoisotopic (exact) mass is 493 g/mol.